The van der Waals surface area contributed by atoms with E-state index in [4.69, 9.17) is 49.4 Å². The Labute approximate surface area is 637 Å². The first-order chi connectivity index (χ1) is 52.6. The molecular formula is C82H92N8O20. The van der Waals surface area contributed by atoms with Crippen molar-refractivity contribution in [1.29, 1.82) is 0 Å². The third kappa shape index (κ3) is 28.3. The number of nitrogens with one attached hydrogen (secondary N) is 4. The molecule has 0 saturated heterocycles. The summed E-state index contributed by atoms with van der Waals surface area (Å²) in [4.78, 5) is 121. The van der Waals surface area contributed by atoms with E-state index in [2.05, 4.69) is 27.8 Å². The number of anilines is 4. The van der Waals surface area contributed by atoms with Crippen LogP contribution in [0.1, 0.15) is 174 Å². The summed E-state index contributed by atoms with van der Waals surface area (Å²) in [6, 6.07) is 44.9. The summed E-state index contributed by atoms with van der Waals surface area (Å²) in [5, 5.41) is 33.6. The van der Waals surface area contributed by atoms with E-state index in [0.29, 0.717) is 54.1 Å². The molecule has 0 saturated carbocycles. The molecule has 0 aliphatic carbocycles. The van der Waals surface area contributed by atoms with Crippen LogP contribution in [0.3, 0.4) is 0 Å². The Morgan fingerprint density at radius 3 is 1.25 bits per heavy atom. The molecule has 110 heavy (non-hydrogen) atoms. The monoisotopic (exact) mass is 1510 g/mol. The van der Waals surface area contributed by atoms with Crippen LogP contribution in [0, 0.1) is 26.1 Å². The molecule has 6 amide bonds. The average Bonchev–Trinajstić information content (AvgIpc) is 0.830. The average molecular weight is 1510 g/mol. The van der Waals surface area contributed by atoms with Gasteiger partial charge in [-0.05, 0) is 142 Å². The molecule has 0 atom stereocenters. The predicted molar refractivity (Wildman–Crippen MR) is 416 cm³/mol. The number of ether oxygens (including phenoxy) is 8. The number of nitrogens with two attached hydrogens (primary N) is 2. The summed E-state index contributed by atoms with van der Waals surface area (Å²) < 4.78 is 44.9. The Hall–Kier alpha value is -13.1. The first-order valence-corrected chi connectivity index (χ1v) is 35.4. The van der Waals surface area contributed by atoms with Gasteiger partial charge in [0.1, 0.15) is 48.4 Å². The summed E-state index contributed by atoms with van der Waals surface area (Å²) in [5.74, 6) is -2.82. The van der Waals surface area contributed by atoms with Crippen molar-refractivity contribution < 1.29 is 86.1 Å². The molecule has 0 fully saturated rings. The SMILES string of the molecule is C=CCOC(=O)c1ccc(NC(=O)c2ccc(NC(=O)CCC(=O)OC(C)(C)C)c(OCc3ccccc3)c2)c(OCc2ccccc2)c1.CCCCOc1cc(C(N)=O)ccc1NC(=O)c1ccc([N+](=O)[O-])c(OCCCC)c1.CCCOc1cc(C(N)=O)ccc1NC(=O)c1ccc([N+](=O)[O-])c(OCC(C)C)c1. The maximum absolute atomic E-state index is 13.6. The van der Waals surface area contributed by atoms with Crippen molar-refractivity contribution in [3.05, 3.63) is 247 Å². The fourth-order valence-corrected chi connectivity index (χ4v) is 9.61. The number of benzene rings is 8. The van der Waals surface area contributed by atoms with E-state index >= 15 is 0 Å². The molecule has 0 aromatic heterocycles. The summed E-state index contributed by atoms with van der Waals surface area (Å²) in [6.45, 7) is 20.4. The zero-order valence-corrected chi connectivity index (χ0v) is 62.6. The zero-order valence-electron chi connectivity index (χ0n) is 62.6. The van der Waals surface area contributed by atoms with Gasteiger partial charge in [0.2, 0.25) is 17.7 Å². The molecule has 0 aliphatic heterocycles. The van der Waals surface area contributed by atoms with Crippen molar-refractivity contribution in [3.63, 3.8) is 0 Å². The van der Waals surface area contributed by atoms with Crippen LogP contribution in [0.4, 0.5) is 34.1 Å². The third-order valence-electron chi connectivity index (χ3n) is 15.2. The van der Waals surface area contributed by atoms with Crippen molar-refractivity contribution in [2.75, 3.05) is 54.3 Å². The minimum Gasteiger partial charge on any atom is -0.491 e. The number of hydrogen-bond acceptors (Lipinski definition) is 20. The second kappa shape index (κ2) is 43.5. The Balaban J connectivity index is 0.000000270. The van der Waals surface area contributed by atoms with E-state index in [1.807, 2.05) is 95.3 Å². The van der Waals surface area contributed by atoms with Gasteiger partial charge in [0.15, 0.2) is 11.5 Å². The Kier molecular flexibility index (Phi) is 33.9. The molecule has 8 N–H and O–H groups in total. The fourth-order valence-electron chi connectivity index (χ4n) is 9.61. The number of carbonyl (C=O) groups excluding carboxylic acids is 8. The van der Waals surface area contributed by atoms with Crippen molar-refractivity contribution in [2.45, 2.75) is 119 Å². The number of nitro groups is 2. The van der Waals surface area contributed by atoms with Gasteiger partial charge in [-0.1, -0.05) is 121 Å². The molecular weight excluding hydrogens is 1420 g/mol. The molecule has 28 heteroatoms. The number of esters is 2. The predicted octanol–water partition coefficient (Wildman–Crippen LogP) is 15.6. The van der Waals surface area contributed by atoms with E-state index in [-0.39, 0.29) is 113 Å². The highest BCUT2D eigenvalue weighted by atomic mass is 16.6. The number of nitrogens with zero attached hydrogens (tertiary/aromatic N) is 2. The third-order valence-corrected chi connectivity index (χ3v) is 15.2. The molecule has 8 aromatic carbocycles. The molecule has 0 bridgehead atoms. The highest BCUT2D eigenvalue weighted by Crippen LogP contribution is 2.35. The first kappa shape index (κ1) is 85.8. The van der Waals surface area contributed by atoms with Gasteiger partial charge in [0, 0.05) is 58.5 Å². The summed E-state index contributed by atoms with van der Waals surface area (Å²) in [7, 11) is 0. The standard InChI is InChI=1S/C39H40N2O8.C22H27N3O6.C21H25N3O6/c1-5-22-46-38(45)30-17-19-32(34(24-30)48-26-28-14-10-7-11-15-28)41-37(44)29-16-18-31(33(23-29)47-25-27-12-8-6-9-13-27)40-35(42)20-21-36(43)49-39(2,3)4;1-3-5-11-30-19-13-15(21(23)26)7-9-17(19)24-22(27)16-8-10-18(25(28)29)20(14-16)31-12-6-4-2;1-4-9-29-18-10-14(20(22)25)5-7-16(18)23-21(26)15-6-8-17(24(27)28)19(11-15)30-12-13(2)3/h5-19,23-24H,1,20-22,25-26H2,2-4H3,(H,40,42)(H,41,44);7-10,13-14H,3-6,11-12H2,1-2H3,(H2,23,26)(H,24,27);5-8,10-11,13H,4,9,12H2,1-3H3,(H2,22,25)(H,23,26). The largest absolute Gasteiger partial charge is 0.491 e. The topological polar surface area (TPSA) is 397 Å². The molecule has 28 nitrogen and oxygen atoms in total. The van der Waals surface area contributed by atoms with Crippen LogP contribution in [0.2, 0.25) is 0 Å². The van der Waals surface area contributed by atoms with Gasteiger partial charge in [-0.3, -0.25) is 53.8 Å². The second-order valence-electron chi connectivity index (χ2n) is 25.8. The smallest absolute Gasteiger partial charge is 0.338 e. The van der Waals surface area contributed by atoms with Crippen molar-refractivity contribution >= 4 is 81.5 Å². The van der Waals surface area contributed by atoms with Crippen molar-refractivity contribution in [2.24, 2.45) is 17.4 Å². The molecule has 0 unspecified atom stereocenters. The molecule has 0 aliphatic rings. The van der Waals surface area contributed by atoms with Gasteiger partial charge in [-0.15, -0.1) is 0 Å². The van der Waals surface area contributed by atoms with Crippen LogP contribution in [0.15, 0.2) is 183 Å². The minimum absolute atomic E-state index is 0.0212. The number of nitro benzene ring substituents is 2. The van der Waals surface area contributed by atoms with Gasteiger partial charge in [-0.2, -0.15) is 0 Å². The van der Waals surface area contributed by atoms with E-state index in [9.17, 15) is 58.6 Å². The normalized spacial score (nSPS) is 10.6. The maximum Gasteiger partial charge on any atom is 0.338 e. The van der Waals surface area contributed by atoms with E-state index in [0.717, 1.165) is 43.2 Å². The lowest BCUT2D eigenvalue weighted by atomic mass is 10.1. The Morgan fingerprint density at radius 2 is 0.836 bits per heavy atom. The van der Waals surface area contributed by atoms with Crippen LogP contribution in [-0.2, 0) is 32.3 Å². The minimum atomic E-state index is -0.656. The zero-order chi connectivity index (χ0) is 80.3. The number of primary amides is 2. The Morgan fingerprint density at radius 1 is 0.464 bits per heavy atom. The summed E-state index contributed by atoms with van der Waals surface area (Å²) in [5.41, 5.74) is 14.1. The molecule has 8 rings (SSSR count). The molecule has 0 radical (unpaired) electrons. The second-order valence-corrected chi connectivity index (χ2v) is 25.8. The van der Waals surface area contributed by atoms with Crippen LogP contribution in [-0.4, -0.2) is 95.9 Å². The van der Waals surface area contributed by atoms with E-state index in [1.54, 1.807) is 39.0 Å². The lowest BCUT2D eigenvalue weighted by Crippen LogP contribution is -2.24. The fraction of sp³-hybridized carbons (Fsp3) is 0.293. The maximum atomic E-state index is 13.6. The lowest BCUT2D eigenvalue weighted by Gasteiger charge is -2.19. The molecule has 0 heterocycles. The first-order valence-electron chi connectivity index (χ1n) is 35.4. The molecule has 8 aromatic rings. The Bertz CT molecular complexity index is 4530. The summed E-state index contributed by atoms with van der Waals surface area (Å²) in [6.07, 6.45) is 5.33. The van der Waals surface area contributed by atoms with E-state index < -0.39 is 62.8 Å². The van der Waals surface area contributed by atoms with Gasteiger partial charge in [-0.25, -0.2) is 4.79 Å². The number of hydrogen-bond donors (Lipinski definition) is 6. The highest BCUT2D eigenvalue weighted by molar-refractivity contribution is 6.08. The number of unbranched alkanes of at least 4 members (excludes halogenated alkanes) is 2. The molecule has 0 spiro atoms. The van der Waals surface area contributed by atoms with Crippen LogP contribution in [0.25, 0.3) is 0 Å². The summed E-state index contributed by atoms with van der Waals surface area (Å²) >= 11 is 0. The van der Waals surface area contributed by atoms with Crippen LogP contribution < -0.4 is 61.2 Å². The van der Waals surface area contributed by atoms with E-state index in [1.165, 1.54) is 97.1 Å². The van der Waals surface area contributed by atoms with Gasteiger partial charge in [0.25, 0.3) is 17.7 Å². The highest BCUT2D eigenvalue weighted by Gasteiger charge is 2.25. The van der Waals surface area contributed by atoms with Crippen LogP contribution >= 0.6 is 0 Å². The lowest BCUT2D eigenvalue weighted by molar-refractivity contribution is -0.386. The van der Waals surface area contributed by atoms with Crippen LogP contribution in [0.5, 0.6) is 34.5 Å². The van der Waals surface area contributed by atoms with Crippen molar-refractivity contribution in [3.8, 4) is 34.5 Å². The molecule has 580 valence electrons. The van der Waals surface area contributed by atoms with Gasteiger partial charge >= 0.3 is 23.3 Å². The number of carbonyl (C=O) groups is 8. The van der Waals surface area contributed by atoms with Gasteiger partial charge < -0.3 is 70.6 Å². The van der Waals surface area contributed by atoms with Crippen molar-refractivity contribution in [1.82, 2.24) is 0 Å². The number of rotatable bonds is 37. The van der Waals surface area contributed by atoms with Gasteiger partial charge in [0.05, 0.1) is 71.0 Å². The quantitative estimate of drug-likeness (QED) is 0.00692. The number of amides is 6.